The molecule has 1 unspecified atom stereocenters. The molecule has 5 rings (SSSR count). The average Bonchev–Trinajstić information content (AvgIpc) is 3.36. The molecule has 2 N–H and O–H groups in total. The quantitative estimate of drug-likeness (QED) is 0.644. The number of hydrogen-bond donors (Lipinski definition) is 2. The average molecular weight is 463 g/mol. The molecule has 1 aliphatic heterocycles. The first-order valence-electron chi connectivity index (χ1n) is 12.1. The van der Waals surface area contributed by atoms with Crippen molar-refractivity contribution in [2.45, 2.75) is 50.5 Å². The van der Waals surface area contributed by atoms with Crippen molar-refractivity contribution in [3.05, 3.63) is 59.7 Å². The van der Waals surface area contributed by atoms with Crippen LogP contribution in [0, 0.1) is 5.41 Å². The highest BCUT2D eigenvalue weighted by Gasteiger charge is 2.56. The smallest absolute Gasteiger partial charge is 0.408 e. The van der Waals surface area contributed by atoms with E-state index in [9.17, 15) is 19.5 Å². The number of alkyl carbamates (subject to hydrolysis) is 1. The minimum atomic E-state index is -0.969. The molecule has 2 aliphatic carbocycles. The summed E-state index contributed by atoms with van der Waals surface area (Å²) in [6.45, 7) is 2.74. The molecule has 178 valence electrons. The number of amides is 2. The lowest BCUT2D eigenvalue weighted by Gasteiger charge is -2.27. The fourth-order valence-electron chi connectivity index (χ4n) is 5.66. The molecular formula is C27H30N2O5. The van der Waals surface area contributed by atoms with E-state index >= 15 is 0 Å². The van der Waals surface area contributed by atoms with Gasteiger partial charge in [0, 0.05) is 19.0 Å². The van der Waals surface area contributed by atoms with Gasteiger partial charge in [0.25, 0.3) is 0 Å². The Bertz CT molecular complexity index is 1100. The summed E-state index contributed by atoms with van der Waals surface area (Å²) in [6, 6.07) is 16.3. The van der Waals surface area contributed by atoms with Gasteiger partial charge in [0.2, 0.25) is 5.91 Å². The number of carbonyl (C=O) groups is 3. The maximum atomic E-state index is 13.2. The Morgan fingerprint density at radius 1 is 1.03 bits per heavy atom. The highest BCUT2D eigenvalue weighted by atomic mass is 16.5. The first kappa shape index (κ1) is 22.4. The van der Waals surface area contributed by atoms with E-state index in [4.69, 9.17) is 4.74 Å². The molecule has 2 aromatic carbocycles. The van der Waals surface area contributed by atoms with Gasteiger partial charge in [0.15, 0.2) is 0 Å². The molecular weight excluding hydrogens is 432 g/mol. The van der Waals surface area contributed by atoms with Crippen molar-refractivity contribution in [2.24, 2.45) is 5.41 Å². The number of fused-ring (bicyclic) bond motifs is 3. The Balaban J connectivity index is 1.23. The normalized spacial score (nSPS) is 22.1. The highest BCUT2D eigenvalue weighted by Crippen LogP contribution is 2.45. The Kier molecular flexibility index (Phi) is 5.58. The summed E-state index contributed by atoms with van der Waals surface area (Å²) in [5.41, 5.74) is 2.72. The number of ether oxygens (including phenoxy) is 1. The van der Waals surface area contributed by atoms with Gasteiger partial charge in [0.1, 0.15) is 12.1 Å². The number of benzene rings is 2. The number of likely N-dealkylation sites (tertiary alicyclic amines) is 1. The number of nitrogens with zero attached hydrogens (tertiary/aromatic N) is 1. The van der Waals surface area contributed by atoms with Crippen LogP contribution in [0.4, 0.5) is 4.79 Å². The first-order valence-corrected chi connectivity index (χ1v) is 12.1. The summed E-state index contributed by atoms with van der Waals surface area (Å²) in [5.74, 6) is -1.09. The SMILES string of the molecule is CCCC1(C(=O)O)CCN(C(=O)C2(NC(=O)OCC3c4ccccc4-c4ccccc43)CC2)C1. The van der Waals surface area contributed by atoms with Gasteiger partial charge in [-0.2, -0.15) is 0 Å². The molecule has 1 saturated heterocycles. The zero-order valence-electron chi connectivity index (χ0n) is 19.4. The molecule has 0 aromatic heterocycles. The molecule has 2 aromatic rings. The van der Waals surface area contributed by atoms with Gasteiger partial charge in [-0.3, -0.25) is 9.59 Å². The third-order valence-electron chi connectivity index (χ3n) is 7.67. The number of hydrogen-bond acceptors (Lipinski definition) is 4. The van der Waals surface area contributed by atoms with E-state index in [-0.39, 0.29) is 25.0 Å². The predicted octanol–water partition coefficient (Wildman–Crippen LogP) is 4.16. The molecule has 0 bridgehead atoms. The van der Waals surface area contributed by atoms with Crippen molar-refractivity contribution in [1.82, 2.24) is 10.2 Å². The second-order valence-electron chi connectivity index (χ2n) is 9.84. The third-order valence-corrected chi connectivity index (χ3v) is 7.67. The van der Waals surface area contributed by atoms with Gasteiger partial charge in [-0.05, 0) is 47.9 Å². The third kappa shape index (κ3) is 3.73. The molecule has 1 heterocycles. The standard InChI is InChI=1S/C27H30N2O5/c1-2-11-26(24(31)32)14-15-29(17-26)23(30)27(12-13-27)28-25(33)34-16-22-20-9-5-3-7-18(20)19-8-4-6-10-21(19)22/h3-10,22H,2,11-17H2,1H3,(H,28,33)(H,31,32). The Morgan fingerprint density at radius 2 is 1.65 bits per heavy atom. The second-order valence-corrected chi connectivity index (χ2v) is 9.84. The summed E-state index contributed by atoms with van der Waals surface area (Å²) in [7, 11) is 0. The van der Waals surface area contributed by atoms with Crippen molar-refractivity contribution in [3.8, 4) is 11.1 Å². The van der Waals surface area contributed by atoms with Gasteiger partial charge in [-0.25, -0.2) is 4.79 Å². The lowest BCUT2D eigenvalue weighted by atomic mass is 9.83. The van der Waals surface area contributed by atoms with Crippen molar-refractivity contribution < 1.29 is 24.2 Å². The molecule has 3 aliphatic rings. The minimum Gasteiger partial charge on any atom is -0.481 e. The van der Waals surface area contributed by atoms with Crippen LogP contribution in [0.5, 0.6) is 0 Å². The van der Waals surface area contributed by atoms with E-state index < -0.39 is 23.0 Å². The van der Waals surface area contributed by atoms with E-state index in [2.05, 4.69) is 29.6 Å². The van der Waals surface area contributed by atoms with Crippen LogP contribution in [-0.2, 0) is 14.3 Å². The van der Waals surface area contributed by atoms with E-state index in [1.807, 2.05) is 31.2 Å². The van der Waals surface area contributed by atoms with E-state index in [0.717, 1.165) is 28.7 Å². The summed E-state index contributed by atoms with van der Waals surface area (Å²) in [6.07, 6.45) is 2.21. The molecule has 1 atom stereocenters. The summed E-state index contributed by atoms with van der Waals surface area (Å²) >= 11 is 0. The Morgan fingerprint density at radius 3 is 2.21 bits per heavy atom. The summed E-state index contributed by atoms with van der Waals surface area (Å²) in [4.78, 5) is 39.5. The molecule has 1 saturated carbocycles. The predicted molar refractivity (Wildman–Crippen MR) is 126 cm³/mol. The van der Waals surface area contributed by atoms with Gasteiger partial charge in [0.05, 0.1) is 5.41 Å². The zero-order valence-corrected chi connectivity index (χ0v) is 19.4. The fourth-order valence-corrected chi connectivity index (χ4v) is 5.66. The molecule has 0 radical (unpaired) electrons. The molecule has 34 heavy (non-hydrogen) atoms. The maximum Gasteiger partial charge on any atom is 0.408 e. The van der Waals surface area contributed by atoms with Crippen LogP contribution in [0.15, 0.2) is 48.5 Å². The van der Waals surface area contributed by atoms with Crippen molar-refractivity contribution in [2.75, 3.05) is 19.7 Å². The molecule has 7 heteroatoms. The van der Waals surface area contributed by atoms with Crippen LogP contribution in [0.1, 0.15) is 56.1 Å². The zero-order chi connectivity index (χ0) is 23.9. The largest absolute Gasteiger partial charge is 0.481 e. The lowest BCUT2D eigenvalue weighted by molar-refractivity contribution is -0.149. The van der Waals surface area contributed by atoms with Gasteiger partial charge in [-0.15, -0.1) is 0 Å². The topological polar surface area (TPSA) is 95.9 Å². The number of rotatable bonds is 7. The van der Waals surface area contributed by atoms with Crippen molar-refractivity contribution >= 4 is 18.0 Å². The van der Waals surface area contributed by atoms with Gasteiger partial charge in [-0.1, -0.05) is 61.9 Å². The fraction of sp³-hybridized carbons (Fsp3) is 0.444. The summed E-state index contributed by atoms with van der Waals surface area (Å²) in [5, 5.41) is 12.5. The van der Waals surface area contributed by atoms with Crippen LogP contribution < -0.4 is 5.32 Å². The first-order chi connectivity index (χ1) is 16.4. The maximum absolute atomic E-state index is 13.2. The van der Waals surface area contributed by atoms with Crippen LogP contribution in [0.3, 0.4) is 0 Å². The number of carboxylic acid groups (broad SMARTS) is 1. The van der Waals surface area contributed by atoms with Gasteiger partial charge < -0.3 is 20.1 Å². The number of carboxylic acids is 1. The monoisotopic (exact) mass is 462 g/mol. The van der Waals surface area contributed by atoms with Crippen molar-refractivity contribution in [3.63, 3.8) is 0 Å². The molecule has 0 spiro atoms. The van der Waals surface area contributed by atoms with E-state index in [1.54, 1.807) is 4.90 Å². The molecule has 2 fully saturated rings. The second kappa shape index (κ2) is 8.46. The van der Waals surface area contributed by atoms with Crippen LogP contribution >= 0.6 is 0 Å². The minimum absolute atomic E-state index is 0.0483. The highest BCUT2D eigenvalue weighted by molar-refractivity contribution is 5.93. The van der Waals surface area contributed by atoms with E-state index in [1.165, 1.54) is 0 Å². The van der Waals surface area contributed by atoms with Gasteiger partial charge >= 0.3 is 12.1 Å². The lowest BCUT2D eigenvalue weighted by Crippen LogP contribution is -2.51. The van der Waals surface area contributed by atoms with Crippen LogP contribution in [0.25, 0.3) is 11.1 Å². The van der Waals surface area contributed by atoms with E-state index in [0.29, 0.717) is 32.2 Å². The molecule has 7 nitrogen and oxygen atoms in total. The Labute approximate surface area is 199 Å². The van der Waals surface area contributed by atoms with Crippen LogP contribution in [0.2, 0.25) is 0 Å². The Hall–Kier alpha value is -3.35. The number of nitrogens with one attached hydrogen (secondary N) is 1. The summed E-state index contributed by atoms with van der Waals surface area (Å²) < 4.78 is 5.63. The molecule has 2 amide bonds. The number of aliphatic carboxylic acids is 1. The van der Waals surface area contributed by atoms with Crippen molar-refractivity contribution in [1.29, 1.82) is 0 Å². The van der Waals surface area contributed by atoms with Crippen LogP contribution in [-0.4, -0.2) is 53.2 Å². The number of carbonyl (C=O) groups excluding carboxylic acids is 2.